The number of rotatable bonds is 8. The van der Waals surface area contributed by atoms with E-state index in [1.807, 2.05) is 0 Å². The molecule has 0 fully saturated rings. The second-order valence-electron chi connectivity index (χ2n) is 4.80. The van der Waals surface area contributed by atoms with Crippen LogP contribution in [0.4, 0.5) is 0 Å². The molecule has 0 aliphatic carbocycles. The number of benzene rings is 1. The van der Waals surface area contributed by atoms with E-state index in [0.29, 0.717) is 30.4 Å². The Morgan fingerprint density at radius 3 is 2.79 bits per heavy atom. The van der Waals surface area contributed by atoms with Crippen molar-refractivity contribution in [1.29, 1.82) is 0 Å². The van der Waals surface area contributed by atoms with Crippen molar-refractivity contribution in [2.24, 2.45) is 5.92 Å². The molecule has 106 valence electrons. The van der Waals surface area contributed by atoms with E-state index in [1.54, 1.807) is 31.4 Å². The third kappa shape index (κ3) is 6.25. The van der Waals surface area contributed by atoms with Gasteiger partial charge in [-0.2, -0.15) is 0 Å². The second kappa shape index (κ2) is 8.53. The summed E-state index contributed by atoms with van der Waals surface area (Å²) in [4.78, 5) is 11.7. The van der Waals surface area contributed by atoms with E-state index in [0.717, 1.165) is 13.0 Å². The lowest BCUT2D eigenvalue weighted by Gasteiger charge is -2.08. The zero-order valence-corrected chi connectivity index (χ0v) is 11.9. The monoisotopic (exact) mass is 265 g/mol. The third-order valence-electron chi connectivity index (χ3n) is 2.72. The molecule has 0 bridgehead atoms. The maximum Gasteiger partial charge on any atom is 0.338 e. The summed E-state index contributed by atoms with van der Waals surface area (Å²) in [6.07, 6.45) is 1.13. The molecule has 1 rings (SSSR count). The van der Waals surface area contributed by atoms with Crippen LogP contribution < -0.4 is 10.1 Å². The molecule has 0 aromatic heterocycles. The fraction of sp³-hybridized carbons (Fsp3) is 0.533. The molecule has 19 heavy (non-hydrogen) atoms. The number of hydrogen-bond acceptors (Lipinski definition) is 4. The molecule has 0 radical (unpaired) electrons. The Kier molecular flexibility index (Phi) is 6.97. The lowest BCUT2D eigenvalue weighted by Crippen LogP contribution is -2.23. The molecular weight excluding hydrogens is 242 g/mol. The van der Waals surface area contributed by atoms with Gasteiger partial charge in [-0.3, -0.25) is 0 Å². The van der Waals surface area contributed by atoms with Gasteiger partial charge < -0.3 is 14.8 Å². The van der Waals surface area contributed by atoms with Gasteiger partial charge >= 0.3 is 5.97 Å². The van der Waals surface area contributed by atoms with Crippen LogP contribution in [0.25, 0.3) is 0 Å². The zero-order valence-electron chi connectivity index (χ0n) is 11.9. The van der Waals surface area contributed by atoms with Crippen molar-refractivity contribution in [1.82, 2.24) is 5.32 Å². The number of methoxy groups -OCH3 is 1. The highest BCUT2D eigenvalue weighted by atomic mass is 16.5. The van der Waals surface area contributed by atoms with Gasteiger partial charge in [-0.15, -0.1) is 0 Å². The smallest absolute Gasteiger partial charge is 0.338 e. The van der Waals surface area contributed by atoms with Crippen molar-refractivity contribution >= 4 is 5.97 Å². The first-order valence-corrected chi connectivity index (χ1v) is 6.65. The van der Waals surface area contributed by atoms with Gasteiger partial charge in [0.1, 0.15) is 12.4 Å². The van der Waals surface area contributed by atoms with Crippen molar-refractivity contribution in [2.45, 2.75) is 20.3 Å². The average molecular weight is 265 g/mol. The summed E-state index contributed by atoms with van der Waals surface area (Å²) >= 11 is 0. The van der Waals surface area contributed by atoms with Gasteiger partial charge in [0.2, 0.25) is 0 Å². The first-order valence-electron chi connectivity index (χ1n) is 6.65. The highest BCUT2D eigenvalue weighted by Gasteiger charge is 2.07. The fourth-order valence-corrected chi connectivity index (χ4v) is 1.57. The lowest BCUT2D eigenvalue weighted by atomic mass is 10.1. The van der Waals surface area contributed by atoms with Crippen LogP contribution >= 0.6 is 0 Å². The minimum absolute atomic E-state index is 0.315. The predicted octanol–water partition coefficient (Wildman–Crippen LogP) is 2.49. The summed E-state index contributed by atoms with van der Waals surface area (Å²) in [6, 6.07) is 6.96. The van der Waals surface area contributed by atoms with E-state index in [1.165, 1.54) is 0 Å². The Balaban J connectivity index is 2.23. The van der Waals surface area contributed by atoms with Crippen molar-refractivity contribution in [3.8, 4) is 5.75 Å². The molecule has 1 N–H and O–H groups in total. The van der Waals surface area contributed by atoms with Crippen LogP contribution in [0.1, 0.15) is 30.6 Å². The van der Waals surface area contributed by atoms with E-state index in [-0.39, 0.29) is 5.97 Å². The summed E-state index contributed by atoms with van der Waals surface area (Å²) in [5.74, 6) is 1.03. The largest absolute Gasteiger partial charge is 0.497 e. The van der Waals surface area contributed by atoms with Crippen LogP contribution in [-0.2, 0) is 4.74 Å². The van der Waals surface area contributed by atoms with Gasteiger partial charge in [0.25, 0.3) is 0 Å². The minimum Gasteiger partial charge on any atom is -0.497 e. The van der Waals surface area contributed by atoms with Gasteiger partial charge in [0, 0.05) is 6.54 Å². The highest BCUT2D eigenvalue weighted by Crippen LogP contribution is 2.13. The van der Waals surface area contributed by atoms with Crippen LogP contribution in [-0.4, -0.2) is 32.8 Å². The van der Waals surface area contributed by atoms with Crippen LogP contribution in [0.15, 0.2) is 24.3 Å². The molecule has 0 aliphatic rings. The summed E-state index contributed by atoms with van der Waals surface area (Å²) in [6.45, 7) is 6.39. The molecule has 1 aromatic carbocycles. The van der Waals surface area contributed by atoms with E-state index in [2.05, 4.69) is 19.2 Å². The molecule has 0 spiro atoms. The molecule has 0 aliphatic heterocycles. The number of carbonyl (C=O) groups is 1. The van der Waals surface area contributed by atoms with E-state index < -0.39 is 0 Å². The molecule has 4 nitrogen and oxygen atoms in total. The number of esters is 1. The Hall–Kier alpha value is -1.55. The van der Waals surface area contributed by atoms with Crippen molar-refractivity contribution in [2.75, 3.05) is 26.8 Å². The molecule has 4 heteroatoms. The first-order chi connectivity index (χ1) is 9.13. The number of hydrogen-bond donors (Lipinski definition) is 1. The molecule has 0 unspecified atom stereocenters. The maximum atomic E-state index is 11.7. The summed E-state index contributed by atoms with van der Waals surface area (Å²) < 4.78 is 10.2. The normalized spacial score (nSPS) is 10.5. The van der Waals surface area contributed by atoms with E-state index in [4.69, 9.17) is 9.47 Å². The Morgan fingerprint density at radius 1 is 1.32 bits per heavy atom. The summed E-state index contributed by atoms with van der Waals surface area (Å²) in [5, 5.41) is 3.24. The highest BCUT2D eigenvalue weighted by molar-refractivity contribution is 5.89. The molecule has 0 atom stereocenters. The summed E-state index contributed by atoms with van der Waals surface area (Å²) in [7, 11) is 1.57. The molecule has 0 saturated heterocycles. The topological polar surface area (TPSA) is 47.6 Å². The van der Waals surface area contributed by atoms with E-state index >= 15 is 0 Å². The third-order valence-corrected chi connectivity index (χ3v) is 2.72. The van der Waals surface area contributed by atoms with Crippen LogP contribution in [0.5, 0.6) is 5.75 Å². The van der Waals surface area contributed by atoms with Gasteiger partial charge in [-0.25, -0.2) is 4.79 Å². The fourth-order valence-electron chi connectivity index (χ4n) is 1.57. The van der Waals surface area contributed by atoms with E-state index in [9.17, 15) is 4.79 Å². The molecule has 0 heterocycles. The number of nitrogens with one attached hydrogen (secondary N) is 1. The Bertz CT molecular complexity index is 391. The van der Waals surface area contributed by atoms with Gasteiger partial charge in [0.05, 0.1) is 12.7 Å². The van der Waals surface area contributed by atoms with Crippen molar-refractivity contribution < 1.29 is 14.3 Å². The zero-order chi connectivity index (χ0) is 14.1. The van der Waals surface area contributed by atoms with Crippen molar-refractivity contribution in [3.05, 3.63) is 29.8 Å². The quantitative estimate of drug-likeness (QED) is 0.579. The van der Waals surface area contributed by atoms with Crippen molar-refractivity contribution in [3.63, 3.8) is 0 Å². The van der Waals surface area contributed by atoms with Crippen LogP contribution in [0, 0.1) is 5.92 Å². The maximum absolute atomic E-state index is 11.7. The predicted molar refractivity (Wildman–Crippen MR) is 75.6 cm³/mol. The number of ether oxygens (including phenoxy) is 2. The Morgan fingerprint density at radius 2 is 2.11 bits per heavy atom. The van der Waals surface area contributed by atoms with Crippen LogP contribution in [0.3, 0.4) is 0 Å². The second-order valence-corrected chi connectivity index (χ2v) is 4.80. The van der Waals surface area contributed by atoms with Gasteiger partial charge in [-0.05, 0) is 37.1 Å². The minimum atomic E-state index is -0.315. The average Bonchev–Trinajstić information content (AvgIpc) is 2.42. The number of carbonyl (C=O) groups excluding carboxylic acids is 1. The molecule has 0 saturated carbocycles. The summed E-state index contributed by atoms with van der Waals surface area (Å²) in [5.41, 5.74) is 0.515. The standard InChI is InChI=1S/C15H23NO3/c1-12(2)7-8-16-9-10-19-15(17)13-5-4-6-14(11-13)18-3/h4-6,11-12,16H,7-10H2,1-3H3. The van der Waals surface area contributed by atoms with Gasteiger partial charge in [-0.1, -0.05) is 19.9 Å². The molecule has 1 aromatic rings. The SMILES string of the molecule is COc1cccc(C(=O)OCCNCCC(C)C)c1. The first kappa shape index (κ1) is 15.5. The van der Waals surface area contributed by atoms with Gasteiger partial charge in [0.15, 0.2) is 0 Å². The molecule has 0 amide bonds. The lowest BCUT2D eigenvalue weighted by molar-refractivity contribution is 0.0508. The Labute approximate surface area is 115 Å². The molecular formula is C15H23NO3. The van der Waals surface area contributed by atoms with Crippen LogP contribution in [0.2, 0.25) is 0 Å².